The van der Waals surface area contributed by atoms with E-state index in [4.69, 9.17) is 0 Å². The molecule has 0 aliphatic carbocycles. The first kappa shape index (κ1) is 20.1. The fourth-order valence-electron chi connectivity index (χ4n) is 2.73. The van der Waals surface area contributed by atoms with Crippen LogP contribution in [0.3, 0.4) is 0 Å². The minimum absolute atomic E-state index is 0. The molecule has 2 aromatic carbocycles. The minimum Gasteiger partial charge on any atom is -0.412 e. The molecule has 0 spiro atoms. The first-order chi connectivity index (χ1) is 10.5. The van der Waals surface area contributed by atoms with E-state index in [2.05, 4.69) is 112 Å². The van der Waals surface area contributed by atoms with Crippen LogP contribution in [0.15, 0.2) is 28.0 Å². The van der Waals surface area contributed by atoms with Gasteiger partial charge in [0.05, 0.1) is 16.3 Å². The van der Waals surface area contributed by atoms with Crippen molar-refractivity contribution >= 4 is 90.9 Å². The summed E-state index contributed by atoms with van der Waals surface area (Å²) in [5.41, 5.74) is 5.47. The highest BCUT2D eigenvalue weighted by Gasteiger charge is 2.26. The molecule has 0 amide bonds. The smallest absolute Gasteiger partial charge is 0.0581 e. The summed E-state index contributed by atoms with van der Waals surface area (Å²) in [5.74, 6) is 0.525. The molecule has 0 saturated carbocycles. The third-order valence-electron chi connectivity index (χ3n) is 3.87. The largest absolute Gasteiger partial charge is 0.412 e. The first-order valence-corrected chi connectivity index (χ1v) is 11.3. The Morgan fingerprint density at radius 2 is 1.74 bits per heavy atom. The second kappa shape index (κ2) is 7.96. The van der Waals surface area contributed by atoms with Gasteiger partial charge >= 0.3 is 0 Å². The minimum atomic E-state index is 0. The third-order valence-corrected chi connectivity index (χ3v) is 10.8. The Morgan fingerprint density at radius 3 is 2.35 bits per heavy atom. The summed E-state index contributed by atoms with van der Waals surface area (Å²) < 4.78 is 4.14. The van der Waals surface area contributed by atoms with Crippen LogP contribution in [-0.2, 0) is 6.42 Å². The van der Waals surface area contributed by atoms with E-state index in [1.165, 1.54) is 43.0 Å². The standard InChI is InChI=1S/C17H16I3NS.H2O/c1-4-9-12(18)13(19)14(20)17-16(9)21-15-10(8(2)3)6-5-7-11(15)22-17;/h5-8,21H,4H2,1-3H3;1H2. The molecule has 0 radical (unpaired) electrons. The summed E-state index contributed by atoms with van der Waals surface area (Å²) in [6.45, 7) is 6.77. The molecule has 0 aromatic heterocycles. The molecule has 0 saturated heterocycles. The van der Waals surface area contributed by atoms with Gasteiger partial charge in [-0.25, -0.2) is 0 Å². The van der Waals surface area contributed by atoms with E-state index >= 15 is 0 Å². The molecule has 0 bridgehead atoms. The molecule has 0 unspecified atom stereocenters. The Hall–Kier alpha value is 0.740. The van der Waals surface area contributed by atoms with Crippen LogP contribution in [0.2, 0.25) is 0 Å². The van der Waals surface area contributed by atoms with E-state index in [9.17, 15) is 0 Å². The van der Waals surface area contributed by atoms with Gasteiger partial charge < -0.3 is 10.8 Å². The second-order valence-corrected chi connectivity index (χ2v) is 9.87. The van der Waals surface area contributed by atoms with Crippen molar-refractivity contribution in [1.29, 1.82) is 0 Å². The van der Waals surface area contributed by atoms with E-state index in [1.54, 1.807) is 0 Å². The zero-order chi connectivity index (χ0) is 16.0. The van der Waals surface area contributed by atoms with Crippen LogP contribution < -0.4 is 5.32 Å². The van der Waals surface area contributed by atoms with Gasteiger partial charge in [0, 0.05) is 15.6 Å². The summed E-state index contributed by atoms with van der Waals surface area (Å²) >= 11 is 9.39. The normalized spacial score (nSPS) is 12.3. The van der Waals surface area contributed by atoms with Crippen molar-refractivity contribution in [3.05, 3.63) is 40.0 Å². The monoisotopic (exact) mass is 665 g/mol. The van der Waals surface area contributed by atoms with Gasteiger partial charge in [0.25, 0.3) is 0 Å². The van der Waals surface area contributed by atoms with E-state index in [1.807, 2.05) is 11.8 Å². The molecule has 6 heteroatoms. The number of rotatable bonds is 2. The van der Waals surface area contributed by atoms with Gasteiger partial charge in [0.1, 0.15) is 0 Å². The van der Waals surface area contributed by atoms with Crippen molar-refractivity contribution in [3.8, 4) is 0 Å². The Balaban J connectivity index is 0.00000192. The second-order valence-electron chi connectivity index (χ2n) is 5.58. The van der Waals surface area contributed by atoms with Crippen molar-refractivity contribution in [3.63, 3.8) is 0 Å². The number of fused-ring (bicyclic) bond motifs is 2. The van der Waals surface area contributed by atoms with Crippen molar-refractivity contribution in [2.45, 2.75) is 42.9 Å². The average Bonchev–Trinajstić information content (AvgIpc) is 2.51. The van der Waals surface area contributed by atoms with Gasteiger partial charge in [-0.1, -0.05) is 44.7 Å². The highest BCUT2D eigenvalue weighted by molar-refractivity contribution is 14.1. The molecule has 0 atom stereocenters. The predicted molar refractivity (Wildman–Crippen MR) is 126 cm³/mol. The quantitative estimate of drug-likeness (QED) is 0.249. The summed E-state index contributed by atoms with van der Waals surface area (Å²) in [6, 6.07) is 6.66. The number of halogens is 3. The zero-order valence-corrected chi connectivity index (χ0v) is 20.3. The molecular formula is C17H18I3NOS. The number of hydrogen-bond donors (Lipinski definition) is 1. The van der Waals surface area contributed by atoms with Crippen LogP contribution in [0, 0.1) is 10.7 Å². The highest BCUT2D eigenvalue weighted by Crippen LogP contribution is 2.51. The fourth-order valence-corrected chi connectivity index (χ4v) is 6.92. The summed E-state index contributed by atoms with van der Waals surface area (Å²) in [7, 11) is 0. The molecule has 0 fully saturated rings. The molecule has 2 aromatic rings. The summed E-state index contributed by atoms with van der Waals surface area (Å²) in [6.07, 6.45) is 1.06. The fraction of sp³-hybridized carbons (Fsp3) is 0.294. The van der Waals surface area contributed by atoms with Crippen molar-refractivity contribution in [2.75, 3.05) is 5.32 Å². The Morgan fingerprint density at radius 1 is 1.04 bits per heavy atom. The van der Waals surface area contributed by atoms with Crippen LogP contribution in [0.5, 0.6) is 0 Å². The third kappa shape index (κ3) is 3.52. The van der Waals surface area contributed by atoms with Crippen LogP contribution in [0.4, 0.5) is 11.4 Å². The molecule has 3 rings (SSSR count). The Kier molecular flexibility index (Phi) is 6.94. The van der Waals surface area contributed by atoms with Crippen LogP contribution in [0.25, 0.3) is 0 Å². The highest BCUT2D eigenvalue weighted by atomic mass is 127. The maximum Gasteiger partial charge on any atom is 0.0581 e. The molecule has 23 heavy (non-hydrogen) atoms. The SMILES string of the molecule is CCc1c(I)c(I)c(I)c2c1Nc1c(cccc1C(C)C)S2.O. The number of para-hydroxylation sites is 1. The lowest BCUT2D eigenvalue weighted by Gasteiger charge is -2.28. The van der Waals surface area contributed by atoms with E-state index in [0.29, 0.717) is 5.92 Å². The zero-order valence-electron chi connectivity index (χ0n) is 13.1. The molecule has 2 nitrogen and oxygen atoms in total. The lowest BCUT2D eigenvalue weighted by Crippen LogP contribution is -2.10. The Labute approximate surface area is 182 Å². The van der Waals surface area contributed by atoms with Gasteiger partial charge in [-0.3, -0.25) is 0 Å². The number of anilines is 2. The van der Waals surface area contributed by atoms with Gasteiger partial charge in [-0.2, -0.15) is 0 Å². The molecule has 3 N–H and O–H groups in total. The maximum absolute atomic E-state index is 3.79. The first-order valence-electron chi connectivity index (χ1n) is 7.22. The van der Waals surface area contributed by atoms with E-state index in [-0.39, 0.29) is 5.48 Å². The van der Waals surface area contributed by atoms with Crippen molar-refractivity contribution in [1.82, 2.24) is 0 Å². The summed E-state index contributed by atoms with van der Waals surface area (Å²) in [4.78, 5) is 2.73. The van der Waals surface area contributed by atoms with Gasteiger partial charge in [0.15, 0.2) is 0 Å². The molecule has 1 aliphatic rings. The van der Waals surface area contributed by atoms with E-state index in [0.717, 1.165) is 6.42 Å². The van der Waals surface area contributed by atoms with Crippen LogP contribution in [-0.4, -0.2) is 5.48 Å². The number of hydrogen-bond acceptors (Lipinski definition) is 2. The van der Waals surface area contributed by atoms with Crippen LogP contribution in [0.1, 0.15) is 37.8 Å². The average molecular weight is 665 g/mol. The molecule has 124 valence electrons. The van der Waals surface area contributed by atoms with Gasteiger partial charge in [0.2, 0.25) is 0 Å². The number of benzene rings is 2. The maximum atomic E-state index is 3.79. The topological polar surface area (TPSA) is 43.5 Å². The van der Waals surface area contributed by atoms with Gasteiger partial charge in [-0.15, -0.1) is 0 Å². The van der Waals surface area contributed by atoms with Gasteiger partial charge in [-0.05, 0) is 97.3 Å². The molecular weight excluding hydrogens is 647 g/mol. The van der Waals surface area contributed by atoms with Crippen molar-refractivity contribution in [2.24, 2.45) is 0 Å². The van der Waals surface area contributed by atoms with E-state index < -0.39 is 0 Å². The van der Waals surface area contributed by atoms with Crippen molar-refractivity contribution < 1.29 is 5.48 Å². The summed E-state index contributed by atoms with van der Waals surface area (Å²) in [5, 5.41) is 3.79. The molecule has 1 aliphatic heterocycles. The molecule has 1 heterocycles. The van der Waals surface area contributed by atoms with Crippen LogP contribution >= 0.6 is 79.5 Å². The lowest BCUT2D eigenvalue weighted by molar-refractivity contribution is 0.824. The lowest BCUT2D eigenvalue weighted by atomic mass is 10.00. The number of nitrogens with one attached hydrogen (secondary N) is 1. The Bertz CT molecular complexity index is 762. The predicted octanol–water partition coefficient (Wildman–Crippen LogP) is 6.57.